The topological polar surface area (TPSA) is 88.7 Å². The number of rotatable bonds is 5. The van der Waals surface area contributed by atoms with E-state index in [-0.39, 0.29) is 27.9 Å². The molecule has 178 valence electrons. The van der Waals surface area contributed by atoms with E-state index in [1.165, 1.54) is 12.1 Å². The summed E-state index contributed by atoms with van der Waals surface area (Å²) in [6.45, 7) is 2.78. The lowest BCUT2D eigenvalue weighted by atomic mass is 10.0. The fourth-order valence-corrected chi connectivity index (χ4v) is 4.61. The Balaban J connectivity index is 1.53. The van der Waals surface area contributed by atoms with Crippen LogP contribution in [-0.4, -0.2) is 40.1 Å². The van der Waals surface area contributed by atoms with Crippen LogP contribution in [-0.2, 0) is 0 Å². The van der Waals surface area contributed by atoms with Crippen LogP contribution in [0.3, 0.4) is 0 Å². The van der Waals surface area contributed by atoms with Crippen molar-refractivity contribution in [3.05, 3.63) is 75.7 Å². The monoisotopic (exact) mass is 503 g/mol. The Morgan fingerprint density at radius 2 is 1.85 bits per heavy atom. The Morgan fingerprint density at radius 1 is 1.18 bits per heavy atom. The number of nitrogen functional groups attached to an aromatic ring is 1. The summed E-state index contributed by atoms with van der Waals surface area (Å²) in [6.07, 6.45) is 1.77. The Morgan fingerprint density at radius 3 is 2.53 bits per heavy atom. The number of halogens is 3. The van der Waals surface area contributed by atoms with Crippen molar-refractivity contribution in [3.8, 4) is 16.9 Å². The molecule has 9 heteroatoms. The third kappa shape index (κ3) is 5.12. The fraction of sp³-hybridized carbons (Fsp3) is 0.280. The average molecular weight is 504 g/mol. The minimum Gasteiger partial charge on any atom is -0.482 e. The highest BCUT2D eigenvalue weighted by Crippen LogP contribution is 2.37. The molecule has 0 radical (unpaired) electrons. The first-order valence-electron chi connectivity index (χ1n) is 10.9. The molecule has 1 saturated heterocycles. The van der Waals surface area contributed by atoms with Crippen LogP contribution in [0.5, 0.6) is 5.75 Å². The van der Waals surface area contributed by atoms with Gasteiger partial charge in [-0.2, -0.15) is 0 Å². The number of likely N-dealkylation sites (tertiary alicyclic amines) is 1. The van der Waals surface area contributed by atoms with Gasteiger partial charge in [0.25, 0.3) is 5.91 Å². The van der Waals surface area contributed by atoms with Crippen LogP contribution < -0.4 is 10.5 Å². The third-order valence-electron chi connectivity index (χ3n) is 5.89. The van der Waals surface area contributed by atoms with Crippen molar-refractivity contribution in [1.82, 2.24) is 9.88 Å². The molecule has 1 atom stereocenters. The summed E-state index contributed by atoms with van der Waals surface area (Å²) < 4.78 is 19.9. The number of amides is 1. The van der Waals surface area contributed by atoms with Gasteiger partial charge in [-0.25, -0.2) is 9.37 Å². The number of aliphatic hydroxyl groups excluding tert-OH is 1. The number of pyridine rings is 1. The first kappa shape index (κ1) is 24.3. The van der Waals surface area contributed by atoms with E-state index in [0.717, 1.165) is 11.1 Å². The summed E-state index contributed by atoms with van der Waals surface area (Å²) in [4.78, 5) is 18.7. The number of anilines is 1. The number of carbonyl (C=O) groups excluding carboxylic acids is 1. The maximum atomic E-state index is 13.9. The number of benzene rings is 2. The molecule has 1 aliphatic heterocycles. The summed E-state index contributed by atoms with van der Waals surface area (Å²) in [6, 6.07) is 11.5. The maximum Gasteiger partial charge on any atom is 0.253 e. The molecule has 1 aliphatic rings. The van der Waals surface area contributed by atoms with Gasteiger partial charge >= 0.3 is 0 Å². The maximum absolute atomic E-state index is 13.9. The van der Waals surface area contributed by atoms with Crippen molar-refractivity contribution in [1.29, 1.82) is 0 Å². The first-order chi connectivity index (χ1) is 16.2. The quantitative estimate of drug-likeness (QED) is 0.447. The van der Waals surface area contributed by atoms with Gasteiger partial charge in [0.05, 0.1) is 11.1 Å². The van der Waals surface area contributed by atoms with Gasteiger partial charge in [-0.15, -0.1) is 0 Å². The van der Waals surface area contributed by atoms with E-state index in [9.17, 15) is 14.3 Å². The number of nitrogens with two attached hydrogens (primary N) is 1. The smallest absolute Gasteiger partial charge is 0.253 e. The van der Waals surface area contributed by atoms with E-state index in [1.807, 2.05) is 12.1 Å². The van der Waals surface area contributed by atoms with E-state index in [1.54, 1.807) is 36.2 Å². The average Bonchev–Trinajstić information content (AvgIpc) is 2.83. The fourth-order valence-electron chi connectivity index (χ4n) is 3.93. The predicted molar refractivity (Wildman–Crippen MR) is 131 cm³/mol. The van der Waals surface area contributed by atoms with Crippen molar-refractivity contribution in [3.63, 3.8) is 0 Å². The lowest BCUT2D eigenvalue weighted by molar-refractivity contribution is 0.0546. The summed E-state index contributed by atoms with van der Waals surface area (Å²) in [5.74, 6) is -0.186. The second-order valence-electron chi connectivity index (χ2n) is 8.23. The van der Waals surface area contributed by atoms with Crippen molar-refractivity contribution in [2.24, 2.45) is 0 Å². The molecule has 34 heavy (non-hydrogen) atoms. The molecule has 0 aliphatic carbocycles. The van der Waals surface area contributed by atoms with Crippen LogP contribution >= 0.6 is 23.2 Å². The Kier molecular flexibility index (Phi) is 7.26. The molecule has 0 spiro atoms. The zero-order valence-electron chi connectivity index (χ0n) is 18.5. The SMILES string of the molecule is CC(Oc1cc(-c2ccc(C(=O)N3CCC(O)CC3)cc2)cnc1N)c1c(Cl)ccc(F)c1Cl. The molecule has 0 saturated carbocycles. The van der Waals surface area contributed by atoms with Crippen molar-refractivity contribution in [2.75, 3.05) is 18.8 Å². The van der Waals surface area contributed by atoms with Crippen LogP contribution in [0.4, 0.5) is 10.2 Å². The highest BCUT2D eigenvalue weighted by molar-refractivity contribution is 6.36. The second-order valence-corrected chi connectivity index (χ2v) is 9.01. The first-order valence-corrected chi connectivity index (χ1v) is 11.6. The number of aromatic nitrogens is 1. The molecule has 2 heterocycles. The number of aliphatic hydroxyl groups is 1. The van der Waals surface area contributed by atoms with Crippen molar-refractivity contribution >= 4 is 34.9 Å². The number of hydrogen-bond donors (Lipinski definition) is 2. The largest absolute Gasteiger partial charge is 0.482 e. The van der Waals surface area contributed by atoms with E-state index < -0.39 is 11.9 Å². The van der Waals surface area contributed by atoms with Gasteiger partial charge in [0.1, 0.15) is 11.9 Å². The van der Waals surface area contributed by atoms with Crippen LogP contribution in [0.25, 0.3) is 11.1 Å². The standard InChI is InChI=1S/C25H24Cl2FN3O3/c1-14(22-19(26)6-7-20(28)23(22)27)34-21-12-17(13-30-24(21)29)15-2-4-16(5-3-15)25(33)31-10-8-18(32)9-11-31/h2-7,12-14,18,32H,8-11H2,1H3,(H2,29,30). The molecule has 1 unspecified atom stereocenters. The zero-order chi connectivity index (χ0) is 24.4. The Hall–Kier alpha value is -2.87. The van der Waals surface area contributed by atoms with Crippen LogP contribution in [0.2, 0.25) is 10.0 Å². The number of carbonyl (C=O) groups is 1. The van der Waals surface area contributed by atoms with E-state index >= 15 is 0 Å². The van der Waals surface area contributed by atoms with Gasteiger partial charge in [-0.1, -0.05) is 35.3 Å². The molecule has 3 N–H and O–H groups in total. The van der Waals surface area contributed by atoms with E-state index in [4.69, 9.17) is 33.7 Å². The summed E-state index contributed by atoms with van der Waals surface area (Å²) >= 11 is 12.3. The Labute approximate surface area is 207 Å². The molecule has 6 nitrogen and oxygen atoms in total. The highest BCUT2D eigenvalue weighted by Gasteiger charge is 2.23. The van der Waals surface area contributed by atoms with Gasteiger partial charge in [0.2, 0.25) is 0 Å². The van der Waals surface area contributed by atoms with Gasteiger partial charge < -0.3 is 20.5 Å². The van der Waals surface area contributed by atoms with Crippen molar-refractivity contribution in [2.45, 2.75) is 32.0 Å². The molecule has 2 aromatic carbocycles. The molecule has 1 aromatic heterocycles. The van der Waals surface area contributed by atoms with E-state index in [2.05, 4.69) is 4.98 Å². The minimum atomic E-state index is -0.682. The number of ether oxygens (including phenoxy) is 1. The lowest BCUT2D eigenvalue weighted by Gasteiger charge is -2.29. The Bertz CT molecular complexity index is 1200. The van der Waals surface area contributed by atoms with Gasteiger partial charge in [0, 0.05) is 41.0 Å². The number of piperidine rings is 1. The summed E-state index contributed by atoms with van der Waals surface area (Å²) in [7, 11) is 0. The van der Waals surface area contributed by atoms with Crippen LogP contribution in [0, 0.1) is 5.82 Å². The van der Waals surface area contributed by atoms with Gasteiger partial charge in [-0.05, 0) is 55.7 Å². The van der Waals surface area contributed by atoms with E-state index in [0.29, 0.717) is 42.8 Å². The normalized spacial score (nSPS) is 15.3. The van der Waals surface area contributed by atoms with Gasteiger partial charge in [-0.3, -0.25) is 4.79 Å². The van der Waals surface area contributed by atoms with Crippen LogP contribution in [0.15, 0.2) is 48.7 Å². The highest BCUT2D eigenvalue weighted by atomic mass is 35.5. The minimum absolute atomic E-state index is 0.0596. The molecule has 1 fully saturated rings. The third-order valence-corrected chi connectivity index (χ3v) is 6.60. The van der Waals surface area contributed by atoms with Crippen molar-refractivity contribution < 1.29 is 19.0 Å². The predicted octanol–water partition coefficient (Wildman–Crippen LogP) is 5.51. The molecule has 0 bridgehead atoms. The summed E-state index contributed by atoms with van der Waals surface area (Å²) in [5, 5.41) is 9.83. The molecule has 3 aromatic rings. The number of nitrogens with zero attached hydrogens (tertiary/aromatic N) is 2. The molecular formula is C25H24Cl2FN3O3. The molecular weight excluding hydrogens is 480 g/mol. The molecule has 4 rings (SSSR count). The molecule has 1 amide bonds. The zero-order valence-corrected chi connectivity index (χ0v) is 20.0. The van der Waals surface area contributed by atoms with Crippen LogP contribution in [0.1, 0.15) is 41.8 Å². The lowest BCUT2D eigenvalue weighted by Crippen LogP contribution is -2.40. The van der Waals surface area contributed by atoms with Gasteiger partial charge in [0.15, 0.2) is 11.6 Å². The second kappa shape index (κ2) is 10.2. The summed E-state index contributed by atoms with van der Waals surface area (Å²) in [5.41, 5.74) is 8.45. The number of hydrogen-bond acceptors (Lipinski definition) is 5.